The summed E-state index contributed by atoms with van der Waals surface area (Å²) in [7, 11) is 1.74. The second kappa shape index (κ2) is 8.38. The van der Waals surface area contributed by atoms with Gasteiger partial charge in [-0.15, -0.1) is 0 Å². The van der Waals surface area contributed by atoms with Crippen molar-refractivity contribution in [2.45, 2.75) is 19.4 Å². The van der Waals surface area contributed by atoms with E-state index in [1.54, 1.807) is 30.1 Å². The maximum Gasteiger partial charge on any atom is 0.231 e. The van der Waals surface area contributed by atoms with Gasteiger partial charge in [-0.3, -0.25) is 9.69 Å². The summed E-state index contributed by atoms with van der Waals surface area (Å²) in [6.45, 7) is 2.31. The second-order valence-corrected chi connectivity index (χ2v) is 7.53. The fourth-order valence-electron chi connectivity index (χ4n) is 3.36. The quantitative estimate of drug-likeness (QED) is 0.727. The van der Waals surface area contributed by atoms with E-state index in [4.69, 9.17) is 23.2 Å². The predicted octanol–water partition coefficient (Wildman–Crippen LogP) is 5.01. The van der Waals surface area contributed by atoms with Gasteiger partial charge in [0.1, 0.15) is 5.82 Å². The molecule has 1 atom stereocenters. The fourth-order valence-corrected chi connectivity index (χ4v) is 3.83. The molecule has 0 aliphatic carbocycles. The molecule has 26 heavy (non-hydrogen) atoms. The summed E-state index contributed by atoms with van der Waals surface area (Å²) >= 11 is 12.2. The molecule has 138 valence electrons. The summed E-state index contributed by atoms with van der Waals surface area (Å²) in [6.07, 6.45) is 1.81. The number of nitrogens with zero attached hydrogens (tertiary/aromatic N) is 2. The minimum Gasteiger partial charge on any atom is -0.315 e. The molecule has 0 spiro atoms. The van der Waals surface area contributed by atoms with Crippen LogP contribution in [0.5, 0.6) is 0 Å². The van der Waals surface area contributed by atoms with Crippen LogP contribution >= 0.6 is 23.2 Å². The molecule has 0 unspecified atom stereocenters. The van der Waals surface area contributed by atoms with E-state index in [1.807, 2.05) is 12.1 Å². The number of carbonyl (C=O) groups excluding carboxylic acids is 1. The molecule has 0 bridgehead atoms. The Morgan fingerprint density at radius 1 is 1.23 bits per heavy atom. The highest BCUT2D eigenvalue weighted by Crippen LogP contribution is 2.26. The van der Waals surface area contributed by atoms with Crippen LogP contribution < -0.4 is 4.90 Å². The molecule has 1 fully saturated rings. The van der Waals surface area contributed by atoms with Crippen LogP contribution in [-0.4, -0.2) is 30.9 Å². The van der Waals surface area contributed by atoms with E-state index in [0.717, 1.165) is 24.9 Å². The number of piperidine rings is 1. The Bertz CT molecular complexity index is 782. The van der Waals surface area contributed by atoms with Crippen molar-refractivity contribution in [2.75, 3.05) is 25.0 Å². The number of benzene rings is 2. The van der Waals surface area contributed by atoms with Crippen LogP contribution in [0, 0.1) is 11.7 Å². The number of likely N-dealkylation sites (tertiary alicyclic amines) is 1. The molecule has 2 aromatic rings. The van der Waals surface area contributed by atoms with E-state index in [-0.39, 0.29) is 17.6 Å². The largest absolute Gasteiger partial charge is 0.315 e. The van der Waals surface area contributed by atoms with Gasteiger partial charge in [0.2, 0.25) is 5.91 Å². The first kappa shape index (κ1) is 19.2. The number of hydrogen-bond donors (Lipinski definition) is 0. The Morgan fingerprint density at radius 2 is 1.96 bits per heavy atom. The molecule has 0 saturated carbocycles. The van der Waals surface area contributed by atoms with Gasteiger partial charge >= 0.3 is 0 Å². The molecule has 1 saturated heterocycles. The smallest absolute Gasteiger partial charge is 0.231 e. The van der Waals surface area contributed by atoms with Crippen molar-refractivity contribution >= 4 is 34.8 Å². The Kier molecular flexibility index (Phi) is 6.17. The summed E-state index contributed by atoms with van der Waals surface area (Å²) < 4.78 is 13.1. The van der Waals surface area contributed by atoms with Gasteiger partial charge in [-0.2, -0.15) is 0 Å². The topological polar surface area (TPSA) is 23.6 Å². The van der Waals surface area contributed by atoms with Gasteiger partial charge in [-0.25, -0.2) is 4.39 Å². The normalized spacial score (nSPS) is 17.9. The Morgan fingerprint density at radius 3 is 2.65 bits per heavy atom. The van der Waals surface area contributed by atoms with Gasteiger partial charge in [-0.05, 0) is 61.3 Å². The molecule has 1 heterocycles. The van der Waals surface area contributed by atoms with Crippen molar-refractivity contribution in [1.82, 2.24) is 4.90 Å². The Balaban J connectivity index is 1.65. The van der Waals surface area contributed by atoms with Crippen LogP contribution in [-0.2, 0) is 11.3 Å². The van der Waals surface area contributed by atoms with Gasteiger partial charge in [0.05, 0.1) is 5.92 Å². The Hall–Kier alpha value is -1.62. The number of rotatable bonds is 4. The van der Waals surface area contributed by atoms with Crippen LogP contribution in [0.3, 0.4) is 0 Å². The third kappa shape index (κ3) is 4.56. The van der Waals surface area contributed by atoms with Crippen molar-refractivity contribution in [3.63, 3.8) is 0 Å². The monoisotopic (exact) mass is 394 g/mol. The summed E-state index contributed by atoms with van der Waals surface area (Å²) in [4.78, 5) is 16.7. The zero-order valence-electron chi connectivity index (χ0n) is 14.6. The SMILES string of the molecule is CN(C(=O)[C@@H]1CCCN(Cc2ccc(Cl)cc2Cl)C1)c1ccc(F)cc1. The van der Waals surface area contributed by atoms with Crippen LogP contribution in [0.2, 0.25) is 10.0 Å². The number of amides is 1. The fraction of sp³-hybridized carbons (Fsp3) is 0.350. The molecule has 0 radical (unpaired) electrons. The van der Waals surface area contributed by atoms with Gasteiger partial charge < -0.3 is 4.90 Å². The average Bonchev–Trinajstić information content (AvgIpc) is 2.64. The Labute approximate surface area is 163 Å². The molecule has 1 aliphatic heterocycles. The maximum atomic E-state index is 13.1. The lowest BCUT2D eigenvalue weighted by molar-refractivity contribution is -0.123. The number of carbonyl (C=O) groups is 1. The van der Waals surface area contributed by atoms with Crippen LogP contribution in [0.4, 0.5) is 10.1 Å². The minimum atomic E-state index is -0.307. The van der Waals surface area contributed by atoms with Gasteiger partial charge in [0.15, 0.2) is 0 Å². The molecular formula is C20H21Cl2FN2O. The number of hydrogen-bond acceptors (Lipinski definition) is 2. The van der Waals surface area contributed by atoms with E-state index < -0.39 is 0 Å². The summed E-state index contributed by atoms with van der Waals surface area (Å²) in [5.74, 6) is -0.327. The molecule has 3 nitrogen and oxygen atoms in total. The first-order valence-corrected chi connectivity index (χ1v) is 9.39. The third-order valence-corrected chi connectivity index (χ3v) is 5.40. The van der Waals surface area contributed by atoms with E-state index >= 15 is 0 Å². The van der Waals surface area contributed by atoms with E-state index in [2.05, 4.69) is 4.90 Å². The van der Waals surface area contributed by atoms with Crippen molar-refractivity contribution in [1.29, 1.82) is 0 Å². The highest BCUT2D eigenvalue weighted by molar-refractivity contribution is 6.35. The van der Waals surface area contributed by atoms with Gasteiger partial charge in [-0.1, -0.05) is 29.3 Å². The minimum absolute atomic E-state index is 0.0588. The summed E-state index contributed by atoms with van der Waals surface area (Å²) in [6, 6.07) is 11.5. The molecule has 1 amide bonds. The highest BCUT2D eigenvalue weighted by atomic mass is 35.5. The van der Waals surface area contributed by atoms with Crippen molar-refractivity contribution in [2.24, 2.45) is 5.92 Å². The maximum absolute atomic E-state index is 13.1. The number of halogens is 3. The summed E-state index contributed by atoms with van der Waals surface area (Å²) in [5.41, 5.74) is 1.71. The third-order valence-electron chi connectivity index (χ3n) is 4.81. The molecule has 1 aliphatic rings. The van der Waals surface area contributed by atoms with Crippen molar-refractivity contribution in [3.8, 4) is 0 Å². The second-order valence-electron chi connectivity index (χ2n) is 6.68. The zero-order chi connectivity index (χ0) is 18.7. The molecule has 2 aromatic carbocycles. The first-order chi connectivity index (χ1) is 12.4. The molecule has 6 heteroatoms. The zero-order valence-corrected chi connectivity index (χ0v) is 16.1. The van der Waals surface area contributed by atoms with E-state index in [1.165, 1.54) is 12.1 Å². The highest BCUT2D eigenvalue weighted by Gasteiger charge is 2.28. The van der Waals surface area contributed by atoms with E-state index in [0.29, 0.717) is 28.8 Å². The average molecular weight is 395 g/mol. The molecule has 0 aromatic heterocycles. The van der Waals surface area contributed by atoms with Crippen LogP contribution in [0.25, 0.3) is 0 Å². The van der Waals surface area contributed by atoms with Gasteiger partial charge in [0.25, 0.3) is 0 Å². The lowest BCUT2D eigenvalue weighted by Gasteiger charge is -2.34. The summed E-state index contributed by atoms with van der Waals surface area (Å²) in [5, 5.41) is 1.26. The molecule has 3 rings (SSSR count). The van der Waals surface area contributed by atoms with Crippen LogP contribution in [0.15, 0.2) is 42.5 Å². The predicted molar refractivity (Wildman–Crippen MR) is 104 cm³/mol. The van der Waals surface area contributed by atoms with Crippen molar-refractivity contribution in [3.05, 3.63) is 63.9 Å². The lowest BCUT2D eigenvalue weighted by atomic mass is 9.96. The van der Waals surface area contributed by atoms with Crippen LogP contribution in [0.1, 0.15) is 18.4 Å². The van der Waals surface area contributed by atoms with Gasteiger partial charge in [0, 0.05) is 35.9 Å². The standard InChI is InChI=1S/C20H21Cl2FN2O/c1-24(18-8-6-17(23)7-9-18)20(26)15-3-2-10-25(13-15)12-14-4-5-16(21)11-19(14)22/h4-9,11,15H,2-3,10,12-13H2,1H3/t15-/m1/s1. The molecular weight excluding hydrogens is 374 g/mol. The molecule has 0 N–H and O–H groups in total. The number of anilines is 1. The van der Waals surface area contributed by atoms with E-state index in [9.17, 15) is 9.18 Å². The lowest BCUT2D eigenvalue weighted by Crippen LogP contribution is -2.43. The van der Waals surface area contributed by atoms with Crippen molar-refractivity contribution < 1.29 is 9.18 Å². The first-order valence-electron chi connectivity index (χ1n) is 8.63.